The molecule has 0 saturated carbocycles. The fourth-order valence-electron chi connectivity index (χ4n) is 3.22. The second-order valence-electron chi connectivity index (χ2n) is 8.25. The molecule has 1 aromatic rings. The van der Waals surface area contributed by atoms with Gasteiger partial charge in [0.15, 0.2) is 5.96 Å². The van der Waals surface area contributed by atoms with E-state index < -0.39 is 0 Å². The third-order valence-corrected chi connectivity index (χ3v) is 5.31. The zero-order valence-electron chi connectivity index (χ0n) is 17.8. The maximum Gasteiger partial charge on any atom is 0.191 e. The topological polar surface area (TPSA) is 48.9 Å². The third-order valence-electron chi connectivity index (χ3n) is 5.31. The first kappa shape index (κ1) is 21.7. The Kier molecular flexibility index (Phi) is 8.58. The summed E-state index contributed by atoms with van der Waals surface area (Å²) < 4.78 is 5.46. The Morgan fingerprint density at radius 1 is 1.19 bits per heavy atom. The van der Waals surface area contributed by atoms with Crippen LogP contribution in [-0.4, -0.2) is 56.3 Å². The summed E-state index contributed by atoms with van der Waals surface area (Å²) in [4.78, 5) is 7.25. The van der Waals surface area contributed by atoms with Crippen LogP contribution in [0.4, 0.5) is 0 Å². The van der Waals surface area contributed by atoms with Crippen LogP contribution in [0.2, 0.25) is 0 Å². The van der Waals surface area contributed by atoms with E-state index in [-0.39, 0.29) is 5.60 Å². The molecule has 0 aromatic heterocycles. The van der Waals surface area contributed by atoms with Gasteiger partial charge in [0.1, 0.15) is 0 Å². The van der Waals surface area contributed by atoms with E-state index >= 15 is 0 Å². The van der Waals surface area contributed by atoms with Crippen molar-refractivity contribution in [2.75, 3.05) is 39.8 Å². The van der Waals surface area contributed by atoms with Crippen LogP contribution in [0.25, 0.3) is 0 Å². The Labute approximate surface area is 165 Å². The first-order valence-electron chi connectivity index (χ1n) is 10.3. The van der Waals surface area contributed by atoms with E-state index in [9.17, 15) is 0 Å². The highest BCUT2D eigenvalue weighted by molar-refractivity contribution is 5.79. The van der Waals surface area contributed by atoms with E-state index in [0.717, 1.165) is 25.6 Å². The Morgan fingerprint density at radius 2 is 1.85 bits per heavy atom. The lowest BCUT2D eigenvalue weighted by Gasteiger charge is -2.32. The van der Waals surface area contributed by atoms with Crippen LogP contribution in [0.15, 0.2) is 29.3 Å². The van der Waals surface area contributed by atoms with Gasteiger partial charge in [0, 0.05) is 26.7 Å². The summed E-state index contributed by atoms with van der Waals surface area (Å²) in [6.45, 7) is 14.3. The molecule has 5 heteroatoms. The zero-order chi connectivity index (χ0) is 19.7. The van der Waals surface area contributed by atoms with Gasteiger partial charge in [-0.25, -0.2) is 0 Å². The van der Waals surface area contributed by atoms with Crippen molar-refractivity contribution in [3.63, 3.8) is 0 Å². The monoisotopic (exact) mass is 374 g/mol. The quantitative estimate of drug-likeness (QED) is 0.542. The van der Waals surface area contributed by atoms with Gasteiger partial charge in [-0.3, -0.25) is 9.89 Å². The largest absolute Gasteiger partial charge is 0.377 e. The molecule has 1 aliphatic rings. The molecular formula is C22H38N4O. The maximum atomic E-state index is 5.46. The molecule has 5 nitrogen and oxygen atoms in total. The third kappa shape index (κ3) is 7.89. The molecule has 1 aromatic carbocycles. The number of methoxy groups -OCH3 is 1. The van der Waals surface area contributed by atoms with Crippen molar-refractivity contribution < 1.29 is 4.74 Å². The first-order chi connectivity index (χ1) is 12.9. The van der Waals surface area contributed by atoms with E-state index in [0.29, 0.717) is 12.5 Å². The average molecular weight is 375 g/mol. The van der Waals surface area contributed by atoms with Crippen LogP contribution in [0.3, 0.4) is 0 Å². The second kappa shape index (κ2) is 10.7. The van der Waals surface area contributed by atoms with Gasteiger partial charge >= 0.3 is 0 Å². The normalized spacial score (nSPS) is 17.1. The van der Waals surface area contributed by atoms with Crippen LogP contribution in [0.1, 0.15) is 44.7 Å². The van der Waals surface area contributed by atoms with Crippen LogP contribution in [0, 0.1) is 12.8 Å². The SMILES string of the molecule is CCNC(=NCC(C)(C)OC)NCC1CCN(Cc2ccc(C)cc2)CC1. The minimum absolute atomic E-state index is 0.232. The molecule has 0 spiro atoms. The van der Waals surface area contributed by atoms with Crippen molar-refractivity contribution in [2.24, 2.45) is 10.9 Å². The molecule has 0 unspecified atom stereocenters. The summed E-state index contributed by atoms with van der Waals surface area (Å²) in [6, 6.07) is 8.92. The number of ether oxygens (including phenoxy) is 1. The molecule has 1 saturated heterocycles. The zero-order valence-corrected chi connectivity index (χ0v) is 17.8. The number of hydrogen-bond acceptors (Lipinski definition) is 3. The minimum atomic E-state index is -0.232. The van der Waals surface area contributed by atoms with Crippen LogP contribution < -0.4 is 10.6 Å². The number of nitrogens with zero attached hydrogens (tertiary/aromatic N) is 2. The molecule has 1 aliphatic heterocycles. The highest BCUT2D eigenvalue weighted by Crippen LogP contribution is 2.18. The van der Waals surface area contributed by atoms with Crippen LogP contribution >= 0.6 is 0 Å². The fraction of sp³-hybridized carbons (Fsp3) is 0.682. The molecular weight excluding hydrogens is 336 g/mol. The van der Waals surface area contributed by atoms with Gasteiger partial charge in [-0.1, -0.05) is 29.8 Å². The fourth-order valence-corrected chi connectivity index (χ4v) is 3.22. The lowest BCUT2D eigenvalue weighted by atomic mass is 9.96. The minimum Gasteiger partial charge on any atom is -0.377 e. The molecule has 1 fully saturated rings. The number of piperidine rings is 1. The van der Waals surface area contributed by atoms with Gasteiger partial charge < -0.3 is 15.4 Å². The van der Waals surface area contributed by atoms with E-state index in [4.69, 9.17) is 4.74 Å². The lowest BCUT2D eigenvalue weighted by Crippen LogP contribution is -2.43. The van der Waals surface area contributed by atoms with Gasteiger partial charge in [-0.15, -0.1) is 0 Å². The number of aryl methyl sites for hydroxylation is 1. The number of likely N-dealkylation sites (tertiary alicyclic amines) is 1. The number of guanidine groups is 1. The molecule has 0 atom stereocenters. The van der Waals surface area contributed by atoms with Crippen molar-refractivity contribution in [1.82, 2.24) is 15.5 Å². The summed E-state index contributed by atoms with van der Waals surface area (Å²) in [5.41, 5.74) is 2.51. The second-order valence-corrected chi connectivity index (χ2v) is 8.25. The first-order valence-corrected chi connectivity index (χ1v) is 10.3. The molecule has 1 heterocycles. The molecule has 152 valence electrons. The van der Waals surface area contributed by atoms with Crippen molar-refractivity contribution in [1.29, 1.82) is 0 Å². The van der Waals surface area contributed by atoms with Crippen molar-refractivity contribution in [2.45, 2.75) is 52.7 Å². The van der Waals surface area contributed by atoms with E-state index in [1.165, 1.54) is 37.1 Å². The van der Waals surface area contributed by atoms with Gasteiger partial charge in [0.2, 0.25) is 0 Å². The Bertz CT molecular complexity index is 574. The highest BCUT2D eigenvalue weighted by Gasteiger charge is 2.20. The average Bonchev–Trinajstić information content (AvgIpc) is 2.67. The smallest absolute Gasteiger partial charge is 0.191 e. The summed E-state index contributed by atoms with van der Waals surface area (Å²) in [7, 11) is 1.74. The number of hydrogen-bond donors (Lipinski definition) is 2. The number of aliphatic imine (C=N–C) groups is 1. The van der Waals surface area contributed by atoms with Crippen molar-refractivity contribution in [3.05, 3.63) is 35.4 Å². The molecule has 2 rings (SSSR count). The van der Waals surface area contributed by atoms with E-state index in [2.05, 4.69) is 72.5 Å². The molecule has 0 radical (unpaired) electrons. The van der Waals surface area contributed by atoms with Gasteiger partial charge in [-0.05, 0) is 65.1 Å². The number of nitrogens with one attached hydrogen (secondary N) is 2. The van der Waals surface area contributed by atoms with E-state index in [1.54, 1.807) is 7.11 Å². The molecule has 0 amide bonds. The van der Waals surface area contributed by atoms with Crippen LogP contribution in [-0.2, 0) is 11.3 Å². The standard InChI is InChI=1S/C22H38N4O/c1-6-23-21(25-17-22(3,4)27-5)24-15-19-11-13-26(14-12-19)16-20-9-7-18(2)8-10-20/h7-10,19H,6,11-17H2,1-5H3,(H2,23,24,25). The maximum absolute atomic E-state index is 5.46. The summed E-state index contributed by atoms with van der Waals surface area (Å²) in [5.74, 6) is 1.60. The predicted molar refractivity (Wildman–Crippen MR) is 114 cm³/mol. The molecule has 0 bridgehead atoms. The lowest BCUT2D eigenvalue weighted by molar-refractivity contribution is 0.0310. The van der Waals surface area contributed by atoms with Crippen LogP contribution in [0.5, 0.6) is 0 Å². The van der Waals surface area contributed by atoms with Gasteiger partial charge in [0.25, 0.3) is 0 Å². The summed E-state index contributed by atoms with van der Waals surface area (Å²) in [5, 5.41) is 6.86. The highest BCUT2D eigenvalue weighted by atomic mass is 16.5. The Hall–Kier alpha value is -1.59. The van der Waals surface area contributed by atoms with Crippen molar-refractivity contribution in [3.8, 4) is 0 Å². The number of rotatable bonds is 8. The van der Waals surface area contributed by atoms with Gasteiger partial charge in [0.05, 0.1) is 12.1 Å². The number of benzene rings is 1. The summed E-state index contributed by atoms with van der Waals surface area (Å²) in [6.07, 6.45) is 2.48. The van der Waals surface area contributed by atoms with Gasteiger partial charge in [-0.2, -0.15) is 0 Å². The Morgan fingerprint density at radius 3 is 2.44 bits per heavy atom. The Balaban J connectivity index is 1.75. The molecule has 2 N–H and O–H groups in total. The van der Waals surface area contributed by atoms with Crippen molar-refractivity contribution >= 4 is 5.96 Å². The van der Waals surface area contributed by atoms with E-state index in [1.807, 2.05) is 0 Å². The molecule has 27 heavy (non-hydrogen) atoms. The predicted octanol–water partition coefficient (Wildman–Crippen LogP) is 3.19. The summed E-state index contributed by atoms with van der Waals surface area (Å²) >= 11 is 0. The molecule has 0 aliphatic carbocycles.